The lowest BCUT2D eigenvalue weighted by molar-refractivity contribution is -0.139. The van der Waals surface area contributed by atoms with Crippen molar-refractivity contribution in [1.29, 1.82) is 0 Å². The van der Waals surface area contributed by atoms with E-state index in [1.54, 1.807) is 20.1 Å². The lowest BCUT2D eigenvalue weighted by Gasteiger charge is -2.25. The highest BCUT2D eigenvalue weighted by atomic mass is 16.4. The summed E-state index contributed by atoms with van der Waals surface area (Å²) in [6.45, 7) is 4.81. The van der Waals surface area contributed by atoms with Crippen LogP contribution in [-0.2, 0) is 30.4 Å². The molecule has 1 radical (unpaired) electrons. The quantitative estimate of drug-likeness (QED) is 0.289. The third-order valence-electron chi connectivity index (χ3n) is 4.47. The van der Waals surface area contributed by atoms with Crippen LogP contribution in [0.3, 0.4) is 0 Å². The van der Waals surface area contributed by atoms with Crippen LogP contribution in [0.4, 0.5) is 0 Å². The smallest absolute Gasteiger partial charge is 0.305 e. The summed E-state index contributed by atoms with van der Waals surface area (Å²) in [5.41, 5.74) is 6.32. The fraction of sp³-hybridized carbons (Fsp3) is 0.476. The Morgan fingerprint density at radius 2 is 1.58 bits per heavy atom. The van der Waals surface area contributed by atoms with E-state index in [2.05, 4.69) is 16.0 Å². The van der Waals surface area contributed by atoms with E-state index in [1.807, 2.05) is 30.3 Å². The molecular formula is C21H29N4O6. The fourth-order valence-electron chi connectivity index (χ4n) is 2.71. The van der Waals surface area contributed by atoms with Crippen molar-refractivity contribution >= 4 is 30.0 Å². The second-order valence-corrected chi connectivity index (χ2v) is 7.53. The molecular weight excluding hydrogens is 404 g/mol. The molecule has 0 saturated heterocycles. The van der Waals surface area contributed by atoms with Crippen LogP contribution >= 0.6 is 0 Å². The third kappa shape index (κ3) is 8.95. The molecule has 0 aliphatic carbocycles. The van der Waals surface area contributed by atoms with Crippen LogP contribution in [0.25, 0.3) is 0 Å². The molecule has 10 heteroatoms. The van der Waals surface area contributed by atoms with Gasteiger partial charge in [0.1, 0.15) is 12.1 Å². The molecule has 4 atom stereocenters. The van der Waals surface area contributed by atoms with Crippen molar-refractivity contribution in [3.05, 3.63) is 35.9 Å². The Hall–Kier alpha value is -3.27. The molecule has 6 N–H and O–H groups in total. The van der Waals surface area contributed by atoms with Gasteiger partial charge in [0.2, 0.25) is 24.0 Å². The summed E-state index contributed by atoms with van der Waals surface area (Å²) >= 11 is 0. The minimum absolute atomic E-state index is 0.253. The molecule has 1 aromatic carbocycles. The molecule has 0 heterocycles. The molecule has 1 rings (SSSR count). The highest BCUT2D eigenvalue weighted by molar-refractivity contribution is 5.94. The lowest BCUT2D eigenvalue weighted by atomic mass is 10.0. The number of nitrogens with two attached hydrogens (primary N) is 1. The Kier molecular flexibility index (Phi) is 10.3. The van der Waals surface area contributed by atoms with E-state index in [9.17, 15) is 24.0 Å². The van der Waals surface area contributed by atoms with Crippen LogP contribution in [0, 0.1) is 5.92 Å². The van der Waals surface area contributed by atoms with E-state index in [0.717, 1.165) is 5.56 Å². The van der Waals surface area contributed by atoms with Gasteiger partial charge in [-0.1, -0.05) is 44.2 Å². The molecule has 1 aromatic rings. The zero-order valence-electron chi connectivity index (χ0n) is 17.8. The minimum atomic E-state index is -1.31. The number of carbonyl (C=O) groups is 4. The molecule has 10 nitrogen and oxygen atoms in total. The van der Waals surface area contributed by atoms with Crippen LogP contribution in [0.2, 0.25) is 0 Å². The summed E-state index contributed by atoms with van der Waals surface area (Å²) in [6, 6.07) is 4.88. The second-order valence-electron chi connectivity index (χ2n) is 7.53. The summed E-state index contributed by atoms with van der Waals surface area (Å²) in [5, 5.41) is 16.1. The number of carbonyl (C=O) groups excluding carboxylic acids is 4. The maximum atomic E-state index is 12.7. The summed E-state index contributed by atoms with van der Waals surface area (Å²) in [6.07, 6.45) is 1.46. The van der Waals surface area contributed by atoms with Gasteiger partial charge < -0.3 is 26.8 Å². The summed E-state index contributed by atoms with van der Waals surface area (Å²) in [7, 11) is 0. The Morgan fingerprint density at radius 3 is 2.10 bits per heavy atom. The molecule has 0 saturated carbocycles. The molecule has 0 aromatic heterocycles. The van der Waals surface area contributed by atoms with Crippen LogP contribution < -0.4 is 21.7 Å². The normalized spacial score (nSPS) is 14.6. The summed E-state index contributed by atoms with van der Waals surface area (Å²) < 4.78 is 0. The lowest BCUT2D eigenvalue weighted by Crippen LogP contribution is -2.57. The molecule has 0 aliphatic heterocycles. The van der Waals surface area contributed by atoms with Gasteiger partial charge in [-0.15, -0.1) is 0 Å². The number of nitrogens with one attached hydrogen (secondary N) is 3. The molecule has 3 amide bonds. The number of benzene rings is 1. The predicted molar refractivity (Wildman–Crippen MR) is 112 cm³/mol. The Labute approximate surface area is 180 Å². The summed E-state index contributed by atoms with van der Waals surface area (Å²) in [5.74, 6) is -3.57. The van der Waals surface area contributed by atoms with Gasteiger partial charge in [0.25, 0.3) is 0 Å². The number of hydrogen-bond acceptors (Lipinski definition) is 6. The largest absolute Gasteiger partial charge is 0.481 e. The Balaban J connectivity index is 2.71. The molecule has 0 fully saturated rings. The highest BCUT2D eigenvalue weighted by Crippen LogP contribution is 2.06. The van der Waals surface area contributed by atoms with E-state index in [1.165, 1.54) is 6.92 Å². The Morgan fingerprint density at radius 1 is 0.968 bits per heavy atom. The van der Waals surface area contributed by atoms with Crippen LogP contribution in [0.5, 0.6) is 0 Å². The molecule has 0 aliphatic rings. The summed E-state index contributed by atoms with van der Waals surface area (Å²) in [4.78, 5) is 59.0. The van der Waals surface area contributed by atoms with E-state index in [-0.39, 0.29) is 12.3 Å². The van der Waals surface area contributed by atoms with Crippen molar-refractivity contribution in [3.8, 4) is 0 Å². The van der Waals surface area contributed by atoms with Crippen molar-refractivity contribution in [1.82, 2.24) is 16.0 Å². The first-order valence-corrected chi connectivity index (χ1v) is 9.85. The first-order chi connectivity index (χ1) is 14.5. The monoisotopic (exact) mass is 433 g/mol. The van der Waals surface area contributed by atoms with Crippen LogP contribution in [-0.4, -0.2) is 59.3 Å². The van der Waals surface area contributed by atoms with Crippen molar-refractivity contribution in [2.75, 3.05) is 0 Å². The minimum Gasteiger partial charge on any atom is -0.481 e. The molecule has 0 unspecified atom stereocenters. The van der Waals surface area contributed by atoms with E-state index >= 15 is 0 Å². The molecule has 0 spiro atoms. The number of hydrogen-bond donors (Lipinski definition) is 5. The maximum absolute atomic E-state index is 12.7. The van der Waals surface area contributed by atoms with Crippen molar-refractivity contribution in [3.63, 3.8) is 0 Å². The average Bonchev–Trinajstić information content (AvgIpc) is 2.70. The van der Waals surface area contributed by atoms with Gasteiger partial charge >= 0.3 is 5.97 Å². The van der Waals surface area contributed by atoms with Crippen molar-refractivity contribution in [2.45, 2.75) is 57.8 Å². The first kappa shape index (κ1) is 25.8. The number of carboxylic acid groups (broad SMARTS) is 1. The standard InChI is InChI=1S/C21H29N4O6/c1-12(2)18(21(31)24-15(11-26)9-14-7-5-4-6-8-14)25-19(29)13(3)23-20(30)16(22)10-17(27)28/h4-8,12-13,15-16,18H,9-10,22H2,1-3H3,(H,23,30)(H,24,31)(H,25,29)(H,27,28)/t13-,15-,16-,18-/m0/s1. The average molecular weight is 433 g/mol. The maximum Gasteiger partial charge on any atom is 0.305 e. The van der Waals surface area contributed by atoms with Crippen LogP contribution in [0.1, 0.15) is 32.8 Å². The van der Waals surface area contributed by atoms with Gasteiger partial charge in [-0.05, 0) is 18.4 Å². The van der Waals surface area contributed by atoms with E-state index in [0.29, 0.717) is 0 Å². The number of aliphatic carboxylic acids is 1. The van der Waals surface area contributed by atoms with Gasteiger partial charge in [0, 0.05) is 6.42 Å². The van der Waals surface area contributed by atoms with Gasteiger partial charge in [0.15, 0.2) is 0 Å². The highest BCUT2D eigenvalue weighted by Gasteiger charge is 2.29. The molecule has 0 bridgehead atoms. The third-order valence-corrected chi connectivity index (χ3v) is 4.47. The van der Waals surface area contributed by atoms with Crippen LogP contribution in [0.15, 0.2) is 30.3 Å². The molecule has 31 heavy (non-hydrogen) atoms. The fourth-order valence-corrected chi connectivity index (χ4v) is 2.71. The van der Waals surface area contributed by atoms with E-state index < -0.39 is 54.3 Å². The first-order valence-electron chi connectivity index (χ1n) is 9.85. The van der Waals surface area contributed by atoms with Crippen molar-refractivity contribution in [2.24, 2.45) is 11.7 Å². The predicted octanol–water partition coefficient (Wildman–Crippen LogP) is -0.729. The number of carboxylic acids is 1. The van der Waals surface area contributed by atoms with Gasteiger partial charge in [0.05, 0.1) is 18.5 Å². The van der Waals surface area contributed by atoms with Crippen molar-refractivity contribution < 1.29 is 29.1 Å². The van der Waals surface area contributed by atoms with E-state index in [4.69, 9.17) is 10.8 Å². The topological polar surface area (TPSA) is 168 Å². The van der Waals surface area contributed by atoms with Gasteiger partial charge in [-0.2, -0.15) is 0 Å². The zero-order chi connectivity index (χ0) is 23.6. The molecule has 169 valence electrons. The van der Waals surface area contributed by atoms with Gasteiger partial charge in [-0.3, -0.25) is 24.0 Å². The zero-order valence-corrected chi connectivity index (χ0v) is 17.8. The number of rotatable bonds is 12. The Bertz CT molecular complexity index is 783. The SMILES string of the molecule is CC(C)[C@H](NC(=O)[C@H](C)NC(=O)[C@@H](N)CC(=O)O)C(=O)N[C@H]([C]=O)Cc1ccccc1. The number of amides is 3. The van der Waals surface area contributed by atoms with Gasteiger partial charge in [-0.25, -0.2) is 0 Å². The second kappa shape index (κ2) is 12.4.